The summed E-state index contributed by atoms with van der Waals surface area (Å²) in [6.07, 6.45) is 4.50. The van der Waals surface area contributed by atoms with E-state index in [0.717, 1.165) is 25.8 Å². The van der Waals surface area contributed by atoms with Crippen molar-refractivity contribution in [3.63, 3.8) is 0 Å². The van der Waals surface area contributed by atoms with E-state index in [1.807, 2.05) is 0 Å². The van der Waals surface area contributed by atoms with Crippen molar-refractivity contribution >= 4 is 15.7 Å². The minimum atomic E-state index is -3.22. The van der Waals surface area contributed by atoms with Gasteiger partial charge in [0.25, 0.3) is 0 Å². The van der Waals surface area contributed by atoms with Crippen molar-refractivity contribution in [2.24, 2.45) is 0 Å². The zero-order valence-electron chi connectivity index (χ0n) is 11.6. The number of hydrogen-bond donors (Lipinski definition) is 0. The van der Waals surface area contributed by atoms with Crippen LogP contribution in [-0.4, -0.2) is 68.9 Å². The van der Waals surface area contributed by atoms with Gasteiger partial charge in [-0.2, -0.15) is 0 Å². The Morgan fingerprint density at radius 3 is 2.39 bits per heavy atom. The molecule has 5 nitrogen and oxygen atoms in total. The van der Waals surface area contributed by atoms with Gasteiger partial charge in [-0.15, -0.1) is 0 Å². The van der Waals surface area contributed by atoms with Crippen molar-refractivity contribution in [2.45, 2.75) is 32.2 Å². The first-order valence-corrected chi connectivity index (χ1v) is 8.51. The molecule has 0 aromatic rings. The molecule has 1 rings (SSSR count). The molecule has 1 aliphatic heterocycles. The van der Waals surface area contributed by atoms with Gasteiger partial charge in [0.1, 0.15) is 5.75 Å². The SMILES string of the molecule is C[C@H](CCN(C)C(=O)CS(C)(=O)=O)N1CCCC1. The molecule has 0 unspecified atom stereocenters. The largest absolute Gasteiger partial charge is 0.345 e. The Morgan fingerprint density at radius 1 is 1.33 bits per heavy atom. The predicted octanol–water partition coefficient (Wildman–Crippen LogP) is 0.364. The summed E-state index contributed by atoms with van der Waals surface area (Å²) in [6, 6.07) is 0.459. The number of carbonyl (C=O) groups excluding carboxylic acids is 1. The summed E-state index contributed by atoms with van der Waals surface area (Å²) in [5, 5.41) is 0. The van der Waals surface area contributed by atoms with E-state index >= 15 is 0 Å². The molecule has 0 aromatic carbocycles. The topological polar surface area (TPSA) is 57.7 Å². The zero-order valence-corrected chi connectivity index (χ0v) is 12.4. The summed E-state index contributed by atoms with van der Waals surface area (Å²) in [6.45, 7) is 5.07. The van der Waals surface area contributed by atoms with Crippen molar-refractivity contribution in [1.82, 2.24) is 9.80 Å². The Balaban J connectivity index is 2.31. The smallest absolute Gasteiger partial charge is 0.237 e. The molecule has 1 heterocycles. The Bertz CT molecular complexity index is 375. The van der Waals surface area contributed by atoms with Gasteiger partial charge in [0, 0.05) is 25.9 Å². The molecule has 1 atom stereocenters. The molecule has 18 heavy (non-hydrogen) atoms. The number of carbonyl (C=O) groups is 1. The number of sulfone groups is 1. The van der Waals surface area contributed by atoms with Crippen LogP contribution in [0.25, 0.3) is 0 Å². The Labute approximate surface area is 110 Å². The molecule has 1 saturated heterocycles. The summed E-state index contributed by atoms with van der Waals surface area (Å²) >= 11 is 0. The second-order valence-electron chi connectivity index (χ2n) is 5.27. The van der Waals surface area contributed by atoms with E-state index < -0.39 is 9.84 Å². The molecule has 0 spiro atoms. The maximum atomic E-state index is 11.6. The van der Waals surface area contributed by atoms with Gasteiger partial charge < -0.3 is 9.80 Å². The van der Waals surface area contributed by atoms with Gasteiger partial charge >= 0.3 is 0 Å². The highest BCUT2D eigenvalue weighted by atomic mass is 32.2. The number of hydrogen-bond acceptors (Lipinski definition) is 4. The first-order valence-electron chi connectivity index (χ1n) is 6.45. The molecule has 0 saturated carbocycles. The molecule has 0 radical (unpaired) electrons. The van der Waals surface area contributed by atoms with Crippen LogP contribution in [0.15, 0.2) is 0 Å². The highest BCUT2D eigenvalue weighted by Crippen LogP contribution is 2.13. The maximum absolute atomic E-state index is 11.6. The average molecular weight is 276 g/mol. The molecular formula is C12H24N2O3S. The van der Waals surface area contributed by atoms with Crippen LogP contribution in [0.3, 0.4) is 0 Å². The van der Waals surface area contributed by atoms with Crippen LogP contribution in [0.4, 0.5) is 0 Å². The van der Waals surface area contributed by atoms with Crippen LogP contribution in [0.1, 0.15) is 26.2 Å². The Kier molecular flexibility index (Phi) is 5.59. The molecule has 0 N–H and O–H groups in total. The van der Waals surface area contributed by atoms with Gasteiger partial charge in [-0.05, 0) is 39.3 Å². The third kappa shape index (κ3) is 5.35. The number of likely N-dealkylation sites (tertiary alicyclic amines) is 1. The summed E-state index contributed by atoms with van der Waals surface area (Å²) in [7, 11) is -1.55. The van der Waals surface area contributed by atoms with Gasteiger partial charge in [-0.3, -0.25) is 4.79 Å². The summed E-state index contributed by atoms with van der Waals surface area (Å²) in [5.41, 5.74) is 0. The number of nitrogens with zero attached hydrogens (tertiary/aromatic N) is 2. The lowest BCUT2D eigenvalue weighted by Gasteiger charge is -2.26. The fourth-order valence-corrected chi connectivity index (χ4v) is 2.87. The van der Waals surface area contributed by atoms with Crippen molar-refractivity contribution in [3.05, 3.63) is 0 Å². The monoisotopic (exact) mass is 276 g/mol. The first kappa shape index (κ1) is 15.4. The third-order valence-electron chi connectivity index (χ3n) is 3.46. The average Bonchev–Trinajstić information content (AvgIpc) is 2.76. The lowest BCUT2D eigenvalue weighted by Crippen LogP contribution is -2.37. The molecule has 0 bridgehead atoms. The van der Waals surface area contributed by atoms with E-state index in [1.54, 1.807) is 7.05 Å². The van der Waals surface area contributed by atoms with E-state index in [4.69, 9.17) is 0 Å². The van der Waals surface area contributed by atoms with E-state index in [-0.39, 0.29) is 11.7 Å². The van der Waals surface area contributed by atoms with E-state index in [0.29, 0.717) is 12.6 Å². The quantitative estimate of drug-likeness (QED) is 0.703. The van der Waals surface area contributed by atoms with Gasteiger partial charge in [-0.1, -0.05) is 0 Å². The van der Waals surface area contributed by atoms with Crippen LogP contribution in [-0.2, 0) is 14.6 Å². The fraction of sp³-hybridized carbons (Fsp3) is 0.917. The van der Waals surface area contributed by atoms with Crippen LogP contribution in [0.5, 0.6) is 0 Å². The van der Waals surface area contributed by atoms with Gasteiger partial charge in [-0.25, -0.2) is 8.42 Å². The lowest BCUT2D eigenvalue weighted by atomic mass is 10.2. The summed E-state index contributed by atoms with van der Waals surface area (Å²) in [5.74, 6) is -0.701. The number of amides is 1. The van der Waals surface area contributed by atoms with E-state index in [1.165, 1.54) is 17.7 Å². The fourth-order valence-electron chi connectivity index (χ4n) is 2.20. The molecule has 1 aliphatic rings. The molecular weight excluding hydrogens is 252 g/mol. The third-order valence-corrected chi connectivity index (χ3v) is 4.23. The molecule has 1 fully saturated rings. The highest BCUT2D eigenvalue weighted by Gasteiger charge is 2.20. The van der Waals surface area contributed by atoms with Crippen molar-refractivity contribution in [1.29, 1.82) is 0 Å². The zero-order chi connectivity index (χ0) is 13.8. The summed E-state index contributed by atoms with van der Waals surface area (Å²) < 4.78 is 22.1. The second-order valence-corrected chi connectivity index (χ2v) is 7.41. The Hall–Kier alpha value is -0.620. The Morgan fingerprint density at radius 2 is 1.89 bits per heavy atom. The minimum Gasteiger partial charge on any atom is -0.345 e. The lowest BCUT2D eigenvalue weighted by molar-refractivity contribution is -0.127. The van der Waals surface area contributed by atoms with Crippen LogP contribution >= 0.6 is 0 Å². The van der Waals surface area contributed by atoms with Crippen LogP contribution in [0, 0.1) is 0 Å². The van der Waals surface area contributed by atoms with Crippen molar-refractivity contribution < 1.29 is 13.2 Å². The second kappa shape index (κ2) is 6.52. The van der Waals surface area contributed by atoms with Crippen LogP contribution < -0.4 is 0 Å². The van der Waals surface area contributed by atoms with E-state index in [2.05, 4.69) is 11.8 Å². The molecule has 0 aliphatic carbocycles. The van der Waals surface area contributed by atoms with Crippen molar-refractivity contribution in [2.75, 3.05) is 38.7 Å². The molecule has 106 valence electrons. The first-order chi connectivity index (χ1) is 8.29. The normalized spacial score (nSPS) is 18.8. The van der Waals surface area contributed by atoms with Crippen LogP contribution in [0.2, 0.25) is 0 Å². The molecule has 6 heteroatoms. The summed E-state index contributed by atoms with van der Waals surface area (Å²) in [4.78, 5) is 15.6. The highest BCUT2D eigenvalue weighted by molar-refractivity contribution is 7.91. The molecule has 0 aromatic heterocycles. The van der Waals surface area contributed by atoms with Gasteiger partial charge in [0.15, 0.2) is 9.84 Å². The van der Waals surface area contributed by atoms with Gasteiger partial charge in [0.2, 0.25) is 5.91 Å². The predicted molar refractivity (Wildman–Crippen MR) is 72.2 cm³/mol. The van der Waals surface area contributed by atoms with Crippen molar-refractivity contribution in [3.8, 4) is 0 Å². The molecule has 1 amide bonds. The standard InChI is InChI=1S/C12H24N2O3S/c1-11(14-7-4-5-8-14)6-9-13(2)12(15)10-18(3,16)17/h11H,4-10H2,1-3H3/t11-/m1/s1. The number of rotatable bonds is 6. The maximum Gasteiger partial charge on any atom is 0.237 e. The van der Waals surface area contributed by atoms with E-state index in [9.17, 15) is 13.2 Å². The van der Waals surface area contributed by atoms with Gasteiger partial charge in [0.05, 0.1) is 0 Å². The minimum absolute atomic E-state index is 0.314.